The molecule has 11 nitrogen and oxygen atoms in total. The number of hydrogen-bond donors (Lipinski definition) is 0. The third-order valence-electron chi connectivity index (χ3n) is 6.28. The zero-order valence-corrected chi connectivity index (χ0v) is 16.5. The van der Waals surface area contributed by atoms with Gasteiger partial charge in [-0.3, -0.25) is 4.79 Å². The van der Waals surface area contributed by atoms with E-state index in [0.717, 1.165) is 50.9 Å². The van der Waals surface area contributed by atoms with Crippen LogP contribution in [0.3, 0.4) is 0 Å². The molecule has 2 aromatic heterocycles. The number of nitrogens with zero attached hydrogens (tertiary/aromatic N) is 8. The van der Waals surface area contributed by atoms with E-state index in [1.54, 1.807) is 17.3 Å². The van der Waals surface area contributed by atoms with Gasteiger partial charge in [0.25, 0.3) is 5.95 Å². The Hall–Kier alpha value is -3.21. The number of ether oxygens (including phenoxy) is 1. The fraction of sp³-hybridized carbons (Fsp3) is 0.526. The SMILES string of the molecule is O=C1C=C(N2CCC3(CCN(CCc4cnc(-n5cnnn5)nc4)CC3)C2=O)CO1. The van der Waals surface area contributed by atoms with Crippen LogP contribution in [0.5, 0.6) is 0 Å². The van der Waals surface area contributed by atoms with Crippen molar-refractivity contribution in [2.24, 2.45) is 5.41 Å². The van der Waals surface area contributed by atoms with Gasteiger partial charge in [-0.2, -0.15) is 4.68 Å². The van der Waals surface area contributed by atoms with E-state index < -0.39 is 0 Å². The summed E-state index contributed by atoms with van der Waals surface area (Å²) in [6, 6.07) is 0. The second-order valence-electron chi connectivity index (χ2n) is 7.97. The van der Waals surface area contributed by atoms with Gasteiger partial charge in [0.05, 0.1) is 11.1 Å². The summed E-state index contributed by atoms with van der Waals surface area (Å²) in [4.78, 5) is 37.1. The molecular formula is C19H22N8O3. The molecule has 0 saturated carbocycles. The molecule has 0 atom stereocenters. The second kappa shape index (κ2) is 7.56. The van der Waals surface area contributed by atoms with Gasteiger partial charge in [0.2, 0.25) is 5.91 Å². The topological polar surface area (TPSA) is 119 Å². The summed E-state index contributed by atoms with van der Waals surface area (Å²) in [5, 5.41) is 10.9. The highest BCUT2D eigenvalue weighted by Crippen LogP contribution is 2.43. The Balaban J connectivity index is 1.14. The summed E-state index contributed by atoms with van der Waals surface area (Å²) in [5.74, 6) is 0.235. The molecule has 1 amide bonds. The van der Waals surface area contributed by atoms with Crippen molar-refractivity contribution in [3.63, 3.8) is 0 Å². The number of likely N-dealkylation sites (tertiary alicyclic amines) is 2. The van der Waals surface area contributed by atoms with E-state index in [0.29, 0.717) is 18.2 Å². The van der Waals surface area contributed by atoms with Gasteiger partial charge in [0.1, 0.15) is 12.9 Å². The molecule has 156 valence electrons. The van der Waals surface area contributed by atoms with Crippen molar-refractivity contribution in [2.75, 3.05) is 32.8 Å². The molecule has 2 aromatic rings. The van der Waals surface area contributed by atoms with Crippen LogP contribution in [0.1, 0.15) is 24.8 Å². The highest BCUT2D eigenvalue weighted by molar-refractivity contribution is 5.90. The van der Waals surface area contributed by atoms with Gasteiger partial charge in [0.15, 0.2) is 0 Å². The summed E-state index contributed by atoms with van der Waals surface area (Å²) in [7, 11) is 0. The number of cyclic esters (lactones) is 1. The van der Waals surface area contributed by atoms with Crippen molar-refractivity contribution in [3.05, 3.63) is 36.1 Å². The Morgan fingerprint density at radius 2 is 1.83 bits per heavy atom. The molecule has 5 heterocycles. The predicted molar refractivity (Wildman–Crippen MR) is 102 cm³/mol. The first kappa shape index (κ1) is 18.8. The van der Waals surface area contributed by atoms with E-state index in [4.69, 9.17) is 4.74 Å². The van der Waals surface area contributed by atoms with Gasteiger partial charge in [-0.05, 0) is 54.8 Å². The van der Waals surface area contributed by atoms with Gasteiger partial charge in [-0.25, -0.2) is 14.8 Å². The smallest absolute Gasteiger partial charge is 0.333 e. The average molecular weight is 410 g/mol. The molecule has 0 aliphatic carbocycles. The minimum absolute atomic E-state index is 0.151. The number of hydrogen-bond acceptors (Lipinski definition) is 9. The van der Waals surface area contributed by atoms with E-state index in [2.05, 4.69) is 30.4 Å². The lowest BCUT2D eigenvalue weighted by molar-refractivity contribution is -0.138. The molecule has 0 radical (unpaired) electrons. The van der Waals surface area contributed by atoms with Gasteiger partial charge >= 0.3 is 5.97 Å². The summed E-state index contributed by atoms with van der Waals surface area (Å²) in [6.45, 7) is 3.55. The molecule has 11 heteroatoms. The van der Waals surface area contributed by atoms with Crippen molar-refractivity contribution in [2.45, 2.75) is 25.7 Å². The van der Waals surface area contributed by atoms with Crippen LogP contribution in [-0.4, -0.2) is 84.6 Å². The molecule has 3 aliphatic heterocycles. The monoisotopic (exact) mass is 410 g/mol. The van der Waals surface area contributed by atoms with Crippen LogP contribution < -0.4 is 0 Å². The number of rotatable bonds is 5. The Bertz CT molecular complexity index is 964. The van der Waals surface area contributed by atoms with E-state index in [1.165, 1.54) is 17.1 Å². The third kappa shape index (κ3) is 3.45. The molecule has 2 fully saturated rings. The third-order valence-corrected chi connectivity index (χ3v) is 6.28. The van der Waals surface area contributed by atoms with Crippen LogP contribution in [0.2, 0.25) is 0 Å². The molecule has 0 unspecified atom stereocenters. The lowest BCUT2D eigenvalue weighted by Gasteiger charge is -2.38. The van der Waals surface area contributed by atoms with E-state index in [9.17, 15) is 9.59 Å². The van der Waals surface area contributed by atoms with Crippen LogP contribution in [0.15, 0.2) is 30.5 Å². The van der Waals surface area contributed by atoms with Gasteiger partial charge in [-0.1, -0.05) is 0 Å². The summed E-state index contributed by atoms with van der Waals surface area (Å²) < 4.78 is 6.38. The Kier molecular flexibility index (Phi) is 4.74. The van der Waals surface area contributed by atoms with Crippen LogP contribution in [0.25, 0.3) is 5.95 Å². The number of aromatic nitrogens is 6. The standard InChI is InChI=1S/C19H22N8O3/c28-16-9-15(12-30-16)26-8-4-19(17(26)29)2-6-25(7-3-19)5-1-14-10-20-18(21-11-14)27-13-22-23-24-27/h9-11,13H,1-8,12H2. The zero-order valence-electron chi connectivity index (χ0n) is 16.5. The number of tetrazole rings is 1. The highest BCUT2D eigenvalue weighted by atomic mass is 16.5. The fourth-order valence-corrected chi connectivity index (χ4v) is 4.42. The Morgan fingerprint density at radius 3 is 2.50 bits per heavy atom. The maximum absolute atomic E-state index is 13.1. The number of esters is 1. The van der Waals surface area contributed by atoms with Crippen molar-refractivity contribution in [1.29, 1.82) is 0 Å². The van der Waals surface area contributed by atoms with Gasteiger partial charge < -0.3 is 14.5 Å². The van der Waals surface area contributed by atoms with Crippen molar-refractivity contribution in [3.8, 4) is 5.95 Å². The lowest BCUT2D eigenvalue weighted by Crippen LogP contribution is -2.45. The van der Waals surface area contributed by atoms with E-state index >= 15 is 0 Å². The minimum atomic E-state index is -0.358. The molecule has 0 bridgehead atoms. The molecular weight excluding hydrogens is 388 g/mol. The predicted octanol–water partition coefficient (Wildman–Crippen LogP) is -0.250. The van der Waals surface area contributed by atoms with Crippen LogP contribution >= 0.6 is 0 Å². The van der Waals surface area contributed by atoms with E-state index in [1.807, 2.05) is 0 Å². The minimum Gasteiger partial charge on any atom is -0.456 e. The molecule has 0 aromatic carbocycles. The highest BCUT2D eigenvalue weighted by Gasteiger charge is 2.49. The first-order valence-corrected chi connectivity index (χ1v) is 10.1. The largest absolute Gasteiger partial charge is 0.456 e. The number of carbonyl (C=O) groups is 2. The molecule has 5 rings (SSSR count). The van der Waals surface area contributed by atoms with Crippen LogP contribution in [0.4, 0.5) is 0 Å². The Labute approximate surface area is 172 Å². The maximum Gasteiger partial charge on any atom is 0.333 e. The molecule has 0 N–H and O–H groups in total. The first-order chi connectivity index (χ1) is 14.6. The van der Waals surface area contributed by atoms with E-state index in [-0.39, 0.29) is 23.9 Å². The summed E-state index contributed by atoms with van der Waals surface area (Å²) in [5.41, 5.74) is 1.46. The lowest BCUT2D eigenvalue weighted by atomic mass is 9.77. The number of piperidine rings is 1. The van der Waals surface area contributed by atoms with Gasteiger partial charge in [0, 0.05) is 31.6 Å². The van der Waals surface area contributed by atoms with Crippen LogP contribution in [-0.2, 0) is 20.7 Å². The molecule has 1 spiro atoms. The maximum atomic E-state index is 13.1. The van der Waals surface area contributed by atoms with Crippen molar-refractivity contribution >= 4 is 11.9 Å². The second-order valence-corrected chi connectivity index (χ2v) is 7.97. The zero-order chi connectivity index (χ0) is 20.6. The quantitative estimate of drug-likeness (QED) is 0.615. The normalized spacial score (nSPS) is 21.3. The van der Waals surface area contributed by atoms with Gasteiger partial charge in [-0.15, -0.1) is 5.10 Å². The molecule has 30 heavy (non-hydrogen) atoms. The first-order valence-electron chi connectivity index (χ1n) is 10.1. The van der Waals surface area contributed by atoms with Crippen molar-refractivity contribution in [1.82, 2.24) is 40.0 Å². The number of amides is 1. The van der Waals surface area contributed by atoms with Crippen LogP contribution in [0, 0.1) is 5.41 Å². The number of carbonyl (C=O) groups excluding carboxylic acids is 2. The molecule has 2 saturated heterocycles. The summed E-state index contributed by atoms with van der Waals surface area (Å²) in [6.07, 6.45) is 9.88. The Morgan fingerprint density at radius 1 is 1.07 bits per heavy atom. The van der Waals surface area contributed by atoms with Crippen molar-refractivity contribution < 1.29 is 14.3 Å². The fourth-order valence-electron chi connectivity index (χ4n) is 4.42. The average Bonchev–Trinajstić information content (AvgIpc) is 3.51. The molecule has 3 aliphatic rings. The summed E-state index contributed by atoms with van der Waals surface area (Å²) >= 11 is 0.